The van der Waals surface area contributed by atoms with E-state index in [2.05, 4.69) is 96.9 Å². The molecule has 0 saturated carbocycles. The summed E-state index contributed by atoms with van der Waals surface area (Å²) in [7, 11) is 0. The van der Waals surface area contributed by atoms with E-state index in [-0.39, 0.29) is 32.5 Å². The van der Waals surface area contributed by atoms with Crippen LogP contribution in [0.3, 0.4) is 0 Å². The van der Waals surface area contributed by atoms with Gasteiger partial charge in [0.05, 0.1) is 0 Å². The molecule has 0 radical (unpaired) electrons. The van der Waals surface area contributed by atoms with Gasteiger partial charge in [0.25, 0.3) is 0 Å². The van der Waals surface area contributed by atoms with Crippen molar-refractivity contribution in [3.8, 4) is 0 Å². The molecule has 0 aromatic heterocycles. The van der Waals surface area contributed by atoms with Crippen LogP contribution < -0.4 is 0 Å². The molecule has 1 aliphatic rings. The fraction of sp³-hybridized carbons (Fsp3) is 0.909. The van der Waals surface area contributed by atoms with Crippen LogP contribution in [0, 0.1) is 32.5 Å². The van der Waals surface area contributed by atoms with Crippen LogP contribution in [0.4, 0.5) is 0 Å². The summed E-state index contributed by atoms with van der Waals surface area (Å²) in [6.07, 6.45) is 0. The lowest BCUT2D eigenvalue weighted by Crippen LogP contribution is -2.61. The van der Waals surface area contributed by atoms with Crippen LogP contribution >= 0.6 is 0 Å². The summed E-state index contributed by atoms with van der Waals surface area (Å²) in [6.45, 7) is 34.5. The molecular weight excluding hydrogens is 264 g/mol. The fourth-order valence-corrected chi connectivity index (χ4v) is 5.00. The van der Waals surface area contributed by atoms with Gasteiger partial charge in [-0.2, -0.15) is 0 Å². The Bertz CT molecular complexity index is 444. The molecule has 0 bridgehead atoms. The molecule has 0 atom stereocenters. The average Bonchev–Trinajstić information content (AvgIpc) is 2.34. The first-order chi connectivity index (χ1) is 9.32. The Balaban J connectivity index is 4.02. The van der Waals surface area contributed by atoms with E-state index >= 15 is 0 Å². The van der Waals surface area contributed by atoms with Gasteiger partial charge >= 0.3 is 0 Å². The average molecular weight is 307 g/mol. The summed E-state index contributed by atoms with van der Waals surface area (Å²) < 4.78 is 0. The first-order valence-corrected chi connectivity index (χ1v) is 9.00. The van der Waals surface area contributed by atoms with E-state index in [0.29, 0.717) is 0 Å². The number of allylic oxidation sites excluding steroid dienone is 2. The molecule has 1 rings (SSSR count). The molecule has 0 aliphatic heterocycles. The van der Waals surface area contributed by atoms with Gasteiger partial charge in [0.2, 0.25) is 0 Å². The van der Waals surface area contributed by atoms with Crippen molar-refractivity contribution in [3.05, 3.63) is 11.1 Å². The van der Waals surface area contributed by atoms with Crippen LogP contribution in [0.5, 0.6) is 0 Å². The maximum Gasteiger partial charge on any atom is -0.00882 e. The third-order valence-corrected chi connectivity index (χ3v) is 10.2. The van der Waals surface area contributed by atoms with Gasteiger partial charge in [-0.1, -0.05) is 94.2 Å². The van der Waals surface area contributed by atoms with Crippen molar-refractivity contribution >= 4 is 0 Å². The summed E-state index contributed by atoms with van der Waals surface area (Å²) in [6, 6.07) is 0. The topological polar surface area (TPSA) is 0 Å². The van der Waals surface area contributed by atoms with Crippen molar-refractivity contribution in [1.29, 1.82) is 0 Å². The van der Waals surface area contributed by atoms with Crippen molar-refractivity contribution in [2.45, 2.75) is 96.9 Å². The molecule has 0 fully saturated rings. The number of hydrogen-bond acceptors (Lipinski definition) is 0. The molecule has 0 N–H and O–H groups in total. The van der Waals surface area contributed by atoms with E-state index in [0.717, 1.165) is 0 Å². The van der Waals surface area contributed by atoms with E-state index in [1.807, 2.05) is 0 Å². The largest absolute Gasteiger partial charge is 0.0676 e. The molecule has 0 saturated heterocycles. The summed E-state index contributed by atoms with van der Waals surface area (Å²) >= 11 is 0. The molecule has 0 aromatic carbocycles. The Kier molecular flexibility index (Phi) is 4.17. The van der Waals surface area contributed by atoms with E-state index < -0.39 is 0 Å². The van der Waals surface area contributed by atoms with Crippen LogP contribution in [0.2, 0.25) is 0 Å². The minimum absolute atomic E-state index is 0.172. The first-order valence-electron chi connectivity index (χ1n) is 9.00. The molecule has 0 unspecified atom stereocenters. The lowest BCUT2D eigenvalue weighted by Gasteiger charge is -2.68. The van der Waals surface area contributed by atoms with Crippen molar-refractivity contribution in [3.63, 3.8) is 0 Å². The molecule has 0 spiro atoms. The highest BCUT2D eigenvalue weighted by Gasteiger charge is 2.64. The van der Waals surface area contributed by atoms with Crippen LogP contribution in [-0.4, -0.2) is 0 Å². The molecule has 0 heterocycles. The second kappa shape index (κ2) is 4.64. The minimum Gasteiger partial charge on any atom is -0.0676 e. The van der Waals surface area contributed by atoms with Gasteiger partial charge in [-0.3, -0.25) is 0 Å². The molecule has 0 amide bonds. The maximum absolute atomic E-state index is 2.50. The summed E-state index contributed by atoms with van der Waals surface area (Å²) in [5, 5.41) is 0. The summed E-state index contributed by atoms with van der Waals surface area (Å²) in [4.78, 5) is 0. The molecule has 1 aliphatic carbocycles. The maximum atomic E-state index is 2.50. The van der Waals surface area contributed by atoms with E-state index in [1.165, 1.54) is 0 Å². The van der Waals surface area contributed by atoms with Crippen molar-refractivity contribution in [1.82, 2.24) is 0 Å². The monoisotopic (exact) mass is 306 g/mol. The Morgan fingerprint density at radius 2 is 0.545 bits per heavy atom. The highest BCUT2D eigenvalue weighted by molar-refractivity contribution is 5.31. The van der Waals surface area contributed by atoms with Gasteiger partial charge in [0, 0.05) is 0 Å². The zero-order chi connectivity index (χ0) is 18.2. The van der Waals surface area contributed by atoms with Crippen LogP contribution in [0.1, 0.15) is 96.9 Å². The third-order valence-electron chi connectivity index (χ3n) is 10.2. The second-order valence-electron chi connectivity index (χ2n) is 11.0. The molecule has 0 nitrogen and oxygen atoms in total. The van der Waals surface area contributed by atoms with Gasteiger partial charge in [-0.15, -0.1) is 0 Å². The molecule has 22 heavy (non-hydrogen) atoms. The lowest BCUT2D eigenvalue weighted by atomic mass is 9.36. The molecule has 130 valence electrons. The second-order valence-corrected chi connectivity index (χ2v) is 11.0. The quantitative estimate of drug-likeness (QED) is 0.406. The Hall–Kier alpha value is -0.260. The van der Waals surface area contributed by atoms with Crippen LogP contribution in [0.25, 0.3) is 0 Å². The van der Waals surface area contributed by atoms with Crippen molar-refractivity contribution in [2.24, 2.45) is 32.5 Å². The first kappa shape index (κ1) is 19.8. The number of rotatable bonds is 0. The summed E-state index contributed by atoms with van der Waals surface area (Å²) in [5.74, 6) is 0. The highest BCUT2D eigenvalue weighted by atomic mass is 14.7. The zero-order valence-electron chi connectivity index (χ0n) is 18.0. The van der Waals surface area contributed by atoms with E-state index in [1.54, 1.807) is 11.1 Å². The predicted octanol–water partition coefficient (Wildman–Crippen LogP) is 7.49. The van der Waals surface area contributed by atoms with E-state index in [9.17, 15) is 0 Å². The zero-order valence-corrected chi connectivity index (χ0v) is 18.0. The van der Waals surface area contributed by atoms with Gasteiger partial charge in [0.1, 0.15) is 0 Å². The SMILES string of the molecule is C/C1=C(/C)C(C)(C)C(C)(C)C(C)(C)C(C)(C)C(C)(C)C1(C)C. The number of hydrogen-bond donors (Lipinski definition) is 0. The minimum atomic E-state index is 0.172. The highest BCUT2D eigenvalue weighted by Crippen LogP contribution is 2.71. The lowest BCUT2D eigenvalue weighted by molar-refractivity contribution is -0.167. The molecule has 0 aromatic rings. The molecular formula is C22H42. The summed E-state index contributed by atoms with van der Waals surface area (Å²) in [5.41, 5.74) is 4.30. The Labute approximate surface area is 141 Å². The van der Waals surface area contributed by atoms with Crippen LogP contribution in [-0.2, 0) is 0 Å². The smallest absolute Gasteiger partial charge is 0.00882 e. The van der Waals surface area contributed by atoms with Crippen molar-refractivity contribution in [2.75, 3.05) is 0 Å². The fourth-order valence-electron chi connectivity index (χ4n) is 5.00. The van der Waals surface area contributed by atoms with E-state index in [4.69, 9.17) is 0 Å². The predicted molar refractivity (Wildman–Crippen MR) is 101 cm³/mol. The Morgan fingerprint density at radius 3 is 0.727 bits per heavy atom. The standard InChI is InChI=1S/C22H42/c1-15-16(2)18(5,6)20(9,10)22(13,14)21(11,12)19(7,8)17(15,3)4/h1-14H3/b16-15+. The van der Waals surface area contributed by atoms with Crippen molar-refractivity contribution < 1.29 is 0 Å². The third kappa shape index (κ3) is 1.88. The normalized spacial score (nSPS) is 34.6. The van der Waals surface area contributed by atoms with Gasteiger partial charge in [0.15, 0.2) is 0 Å². The van der Waals surface area contributed by atoms with Gasteiger partial charge in [-0.05, 0) is 46.3 Å². The van der Waals surface area contributed by atoms with Gasteiger partial charge < -0.3 is 0 Å². The van der Waals surface area contributed by atoms with Crippen LogP contribution in [0.15, 0.2) is 11.1 Å². The van der Waals surface area contributed by atoms with Gasteiger partial charge in [-0.25, -0.2) is 0 Å². The Morgan fingerprint density at radius 1 is 0.364 bits per heavy atom. The molecule has 0 heteroatoms.